The van der Waals surface area contributed by atoms with Crippen LogP contribution in [0.25, 0.3) is 0 Å². The smallest absolute Gasteiger partial charge is 0.228 e. The number of benzene rings is 2. The maximum Gasteiger partial charge on any atom is 0.228 e. The summed E-state index contributed by atoms with van der Waals surface area (Å²) in [5.74, 6) is 1.33. The lowest BCUT2D eigenvalue weighted by Gasteiger charge is -2.35. The molecule has 6 heteroatoms. The van der Waals surface area contributed by atoms with E-state index in [0.717, 1.165) is 16.9 Å². The average molecular weight is 374 g/mol. The second-order valence-electron chi connectivity index (χ2n) is 7.25. The predicted molar refractivity (Wildman–Crippen MR) is 100.0 cm³/mol. The van der Waals surface area contributed by atoms with Gasteiger partial charge in [0.25, 0.3) is 0 Å². The Kier molecular flexibility index (Phi) is 5.72. The van der Waals surface area contributed by atoms with E-state index in [1.807, 2.05) is 36.4 Å². The molecule has 1 fully saturated rings. The molecule has 0 radical (unpaired) electrons. The quantitative estimate of drug-likeness (QED) is 0.740. The molecule has 2 aromatic carbocycles. The van der Waals surface area contributed by atoms with Gasteiger partial charge >= 0.3 is 0 Å². The molecule has 146 valence electrons. The Morgan fingerprint density at radius 3 is 1.89 bits per heavy atom. The Morgan fingerprint density at radius 2 is 1.37 bits per heavy atom. The van der Waals surface area contributed by atoms with Crippen molar-refractivity contribution in [3.63, 3.8) is 0 Å². The van der Waals surface area contributed by atoms with E-state index in [4.69, 9.17) is 14.2 Å². The molecule has 0 amide bonds. The highest BCUT2D eigenvalue weighted by atomic mass is 16.7. The van der Waals surface area contributed by atoms with E-state index in [0.29, 0.717) is 5.75 Å². The zero-order chi connectivity index (χ0) is 19.6. The summed E-state index contributed by atoms with van der Waals surface area (Å²) in [6, 6.07) is 15.5. The summed E-state index contributed by atoms with van der Waals surface area (Å²) in [6.45, 7) is 4.18. The summed E-state index contributed by atoms with van der Waals surface area (Å²) in [5, 5.41) is 29.2. The summed E-state index contributed by atoms with van der Waals surface area (Å²) in [5.41, 5.74) is 2.03. The van der Waals surface area contributed by atoms with Crippen molar-refractivity contribution >= 4 is 0 Å². The van der Waals surface area contributed by atoms with Gasteiger partial charge in [-0.05, 0) is 35.4 Å². The SMILES string of the molecule is COc1ccc(C(C)(C)c2ccc(O[C@H]3OC[C@H](O)[C@H](O)[C@H]3O)cc2)cc1. The van der Waals surface area contributed by atoms with Gasteiger partial charge in [-0.15, -0.1) is 0 Å². The first kappa shape index (κ1) is 19.6. The lowest BCUT2D eigenvalue weighted by atomic mass is 9.78. The van der Waals surface area contributed by atoms with E-state index in [2.05, 4.69) is 13.8 Å². The van der Waals surface area contributed by atoms with Crippen molar-refractivity contribution < 1.29 is 29.5 Å². The van der Waals surface area contributed by atoms with Crippen LogP contribution in [0.4, 0.5) is 0 Å². The highest BCUT2D eigenvalue weighted by Gasteiger charge is 2.39. The molecule has 27 heavy (non-hydrogen) atoms. The molecule has 0 spiro atoms. The summed E-state index contributed by atoms with van der Waals surface area (Å²) in [4.78, 5) is 0. The minimum Gasteiger partial charge on any atom is -0.497 e. The van der Waals surface area contributed by atoms with Crippen LogP contribution in [-0.4, -0.2) is 53.6 Å². The maximum atomic E-state index is 9.97. The van der Waals surface area contributed by atoms with E-state index >= 15 is 0 Å². The molecule has 0 unspecified atom stereocenters. The first-order valence-corrected chi connectivity index (χ1v) is 8.90. The highest BCUT2D eigenvalue weighted by Crippen LogP contribution is 2.33. The fourth-order valence-electron chi connectivity index (χ4n) is 3.14. The van der Waals surface area contributed by atoms with Crippen LogP contribution in [0.2, 0.25) is 0 Å². The van der Waals surface area contributed by atoms with Gasteiger partial charge in [-0.3, -0.25) is 0 Å². The molecular formula is C21H26O6. The Morgan fingerprint density at radius 1 is 0.852 bits per heavy atom. The molecule has 0 aromatic heterocycles. The number of methoxy groups -OCH3 is 1. The van der Waals surface area contributed by atoms with Gasteiger partial charge in [0, 0.05) is 5.41 Å². The van der Waals surface area contributed by atoms with Crippen LogP contribution in [0.15, 0.2) is 48.5 Å². The molecule has 0 saturated carbocycles. The monoisotopic (exact) mass is 374 g/mol. The Hall–Kier alpha value is -2.12. The van der Waals surface area contributed by atoms with Crippen LogP contribution in [0.3, 0.4) is 0 Å². The van der Waals surface area contributed by atoms with Crippen molar-refractivity contribution in [2.75, 3.05) is 13.7 Å². The van der Waals surface area contributed by atoms with Gasteiger partial charge in [-0.25, -0.2) is 0 Å². The number of aliphatic hydroxyl groups is 3. The standard InChI is InChI=1S/C21H26O6/c1-21(2,13-4-8-15(25-3)9-5-13)14-6-10-16(11-7-14)27-20-19(24)18(23)17(22)12-26-20/h4-11,17-20,22-24H,12H2,1-3H3/t17-,18-,19+,20+/m0/s1. The van der Waals surface area contributed by atoms with Gasteiger partial charge in [0.2, 0.25) is 6.29 Å². The minimum absolute atomic E-state index is 0.0918. The highest BCUT2D eigenvalue weighted by molar-refractivity contribution is 5.41. The normalized spacial score (nSPS) is 25.9. The molecule has 2 aromatic rings. The third kappa shape index (κ3) is 4.09. The number of aliphatic hydroxyl groups excluding tert-OH is 3. The molecule has 1 heterocycles. The largest absolute Gasteiger partial charge is 0.497 e. The van der Waals surface area contributed by atoms with Crippen LogP contribution in [0, 0.1) is 0 Å². The lowest BCUT2D eigenvalue weighted by molar-refractivity contribution is -0.242. The van der Waals surface area contributed by atoms with Crippen molar-refractivity contribution in [3.8, 4) is 11.5 Å². The first-order valence-electron chi connectivity index (χ1n) is 8.90. The molecule has 3 N–H and O–H groups in total. The fraction of sp³-hybridized carbons (Fsp3) is 0.429. The van der Waals surface area contributed by atoms with E-state index in [9.17, 15) is 15.3 Å². The zero-order valence-electron chi connectivity index (χ0n) is 15.7. The van der Waals surface area contributed by atoms with Gasteiger partial charge in [-0.1, -0.05) is 38.1 Å². The van der Waals surface area contributed by atoms with Crippen molar-refractivity contribution in [2.45, 2.75) is 43.9 Å². The number of rotatable bonds is 5. The molecule has 1 saturated heterocycles. The van der Waals surface area contributed by atoms with E-state index in [-0.39, 0.29) is 12.0 Å². The van der Waals surface area contributed by atoms with Gasteiger partial charge in [-0.2, -0.15) is 0 Å². The third-order valence-electron chi connectivity index (χ3n) is 5.09. The number of hydrogen-bond donors (Lipinski definition) is 3. The zero-order valence-corrected chi connectivity index (χ0v) is 15.7. The second-order valence-corrected chi connectivity index (χ2v) is 7.25. The summed E-state index contributed by atoms with van der Waals surface area (Å²) >= 11 is 0. The molecule has 0 aliphatic carbocycles. The van der Waals surface area contributed by atoms with E-state index in [1.165, 1.54) is 0 Å². The minimum atomic E-state index is -1.32. The maximum absolute atomic E-state index is 9.97. The fourth-order valence-corrected chi connectivity index (χ4v) is 3.14. The topological polar surface area (TPSA) is 88.4 Å². The number of ether oxygens (including phenoxy) is 3. The second kappa shape index (κ2) is 7.86. The van der Waals surface area contributed by atoms with E-state index < -0.39 is 24.6 Å². The van der Waals surface area contributed by atoms with Gasteiger partial charge < -0.3 is 29.5 Å². The average Bonchev–Trinajstić information content (AvgIpc) is 2.69. The Balaban J connectivity index is 1.72. The lowest BCUT2D eigenvalue weighted by Crippen LogP contribution is -2.54. The summed E-state index contributed by atoms with van der Waals surface area (Å²) in [7, 11) is 1.64. The predicted octanol–water partition coefficient (Wildman–Crippen LogP) is 1.84. The molecule has 3 rings (SSSR count). The van der Waals surface area contributed by atoms with Crippen LogP contribution in [0.1, 0.15) is 25.0 Å². The van der Waals surface area contributed by atoms with Crippen LogP contribution in [-0.2, 0) is 10.2 Å². The summed E-state index contributed by atoms with van der Waals surface area (Å²) < 4.78 is 16.1. The molecule has 1 aliphatic heterocycles. The van der Waals surface area contributed by atoms with Crippen LogP contribution in [0.5, 0.6) is 11.5 Å². The molecular weight excluding hydrogens is 348 g/mol. The Labute approximate surface area is 158 Å². The van der Waals surface area contributed by atoms with Gasteiger partial charge in [0.1, 0.15) is 29.8 Å². The number of hydrogen-bond acceptors (Lipinski definition) is 6. The third-order valence-corrected chi connectivity index (χ3v) is 5.09. The first-order chi connectivity index (χ1) is 12.8. The van der Waals surface area contributed by atoms with Crippen molar-refractivity contribution in [1.29, 1.82) is 0 Å². The molecule has 0 bridgehead atoms. The van der Waals surface area contributed by atoms with Crippen molar-refractivity contribution in [1.82, 2.24) is 0 Å². The van der Waals surface area contributed by atoms with Gasteiger partial charge in [0.15, 0.2) is 0 Å². The molecule has 1 aliphatic rings. The van der Waals surface area contributed by atoms with Crippen molar-refractivity contribution in [3.05, 3.63) is 59.7 Å². The van der Waals surface area contributed by atoms with Crippen LogP contribution >= 0.6 is 0 Å². The van der Waals surface area contributed by atoms with Crippen molar-refractivity contribution in [2.24, 2.45) is 0 Å². The van der Waals surface area contributed by atoms with Gasteiger partial charge in [0.05, 0.1) is 13.7 Å². The summed E-state index contributed by atoms with van der Waals surface area (Å²) in [6.07, 6.45) is -4.75. The molecule has 6 nitrogen and oxygen atoms in total. The van der Waals surface area contributed by atoms with Crippen LogP contribution < -0.4 is 9.47 Å². The van der Waals surface area contributed by atoms with E-state index in [1.54, 1.807) is 19.2 Å². The molecule has 4 atom stereocenters. The Bertz CT molecular complexity index is 740.